The zero-order chi connectivity index (χ0) is 10.3. The summed E-state index contributed by atoms with van der Waals surface area (Å²) in [6.07, 6.45) is -0.384. The fraction of sp³-hybridized carbons (Fsp3) is 0.300. The molecule has 0 bridgehead atoms. The first-order valence-electron chi connectivity index (χ1n) is 4.34. The van der Waals surface area contributed by atoms with Crippen molar-refractivity contribution in [3.05, 3.63) is 23.3 Å². The number of aromatic hydroxyl groups is 2. The molecule has 4 nitrogen and oxygen atoms in total. The topological polar surface area (TPSA) is 77.8 Å². The minimum absolute atomic E-state index is 0.0331. The molecule has 0 amide bonds. The summed E-state index contributed by atoms with van der Waals surface area (Å²) < 4.78 is 0. The molecule has 74 valence electrons. The molecule has 1 aliphatic rings. The standard InChI is InChI=1S/C10H10O4/c11-6-1-5-2-7(12)4-9(14)10(5)8(13)3-6/h1,3,7,11-13H,2,4H2. The second-order valence-electron chi connectivity index (χ2n) is 3.48. The summed E-state index contributed by atoms with van der Waals surface area (Å²) in [6, 6.07) is 2.53. The predicted octanol–water partition coefficient (Wildman–Crippen LogP) is 0.588. The molecule has 0 aliphatic heterocycles. The molecule has 1 aromatic rings. The average Bonchev–Trinajstić information content (AvgIpc) is 1.99. The van der Waals surface area contributed by atoms with Gasteiger partial charge in [-0.05, 0) is 18.1 Å². The van der Waals surface area contributed by atoms with E-state index in [1.807, 2.05) is 0 Å². The van der Waals surface area contributed by atoms with Gasteiger partial charge in [-0.2, -0.15) is 0 Å². The Hall–Kier alpha value is -1.55. The Morgan fingerprint density at radius 2 is 1.93 bits per heavy atom. The second kappa shape index (κ2) is 2.99. The second-order valence-corrected chi connectivity index (χ2v) is 3.48. The molecular formula is C10H10O4. The van der Waals surface area contributed by atoms with E-state index in [-0.39, 0.29) is 29.3 Å². The lowest BCUT2D eigenvalue weighted by molar-refractivity contribution is 0.0850. The van der Waals surface area contributed by atoms with Gasteiger partial charge in [-0.25, -0.2) is 0 Å². The maximum atomic E-state index is 11.4. The van der Waals surface area contributed by atoms with Crippen LogP contribution >= 0.6 is 0 Å². The molecule has 1 aliphatic carbocycles. The van der Waals surface area contributed by atoms with Gasteiger partial charge in [-0.1, -0.05) is 0 Å². The van der Waals surface area contributed by atoms with Crippen LogP contribution in [0.2, 0.25) is 0 Å². The number of benzene rings is 1. The van der Waals surface area contributed by atoms with E-state index >= 15 is 0 Å². The van der Waals surface area contributed by atoms with Gasteiger partial charge >= 0.3 is 0 Å². The van der Waals surface area contributed by atoms with E-state index < -0.39 is 6.10 Å². The van der Waals surface area contributed by atoms with E-state index in [0.29, 0.717) is 12.0 Å². The van der Waals surface area contributed by atoms with E-state index in [9.17, 15) is 20.1 Å². The number of Topliss-reactive ketones (excluding diaryl/α,β-unsaturated/α-hetero) is 1. The smallest absolute Gasteiger partial charge is 0.169 e. The Morgan fingerprint density at radius 3 is 2.64 bits per heavy atom. The van der Waals surface area contributed by atoms with Crippen LogP contribution in [0, 0.1) is 0 Å². The SMILES string of the molecule is O=C1CC(O)Cc2cc(O)cc(O)c21. The summed E-state index contributed by atoms with van der Waals surface area (Å²) in [6.45, 7) is 0. The highest BCUT2D eigenvalue weighted by Crippen LogP contribution is 2.32. The molecule has 0 heterocycles. The highest BCUT2D eigenvalue weighted by atomic mass is 16.3. The van der Waals surface area contributed by atoms with E-state index in [1.165, 1.54) is 6.07 Å². The van der Waals surface area contributed by atoms with Crippen molar-refractivity contribution in [3.8, 4) is 11.5 Å². The van der Waals surface area contributed by atoms with E-state index in [0.717, 1.165) is 6.07 Å². The molecule has 0 radical (unpaired) electrons. The Bertz CT molecular complexity index is 397. The van der Waals surface area contributed by atoms with Crippen LogP contribution in [0.5, 0.6) is 11.5 Å². The first-order chi connectivity index (χ1) is 6.58. The molecule has 3 N–H and O–H groups in total. The van der Waals surface area contributed by atoms with Gasteiger partial charge in [-0.3, -0.25) is 4.79 Å². The number of phenolic OH excluding ortho intramolecular Hbond substituents is 2. The first-order valence-corrected chi connectivity index (χ1v) is 4.34. The van der Waals surface area contributed by atoms with Crippen LogP contribution in [0.15, 0.2) is 12.1 Å². The number of aliphatic hydroxyl groups is 1. The van der Waals surface area contributed by atoms with Crippen molar-refractivity contribution >= 4 is 5.78 Å². The highest BCUT2D eigenvalue weighted by Gasteiger charge is 2.26. The number of ketones is 1. The third-order valence-electron chi connectivity index (χ3n) is 2.34. The highest BCUT2D eigenvalue weighted by molar-refractivity contribution is 6.01. The van der Waals surface area contributed by atoms with Gasteiger partial charge < -0.3 is 15.3 Å². The van der Waals surface area contributed by atoms with Crippen molar-refractivity contribution in [2.75, 3.05) is 0 Å². The van der Waals surface area contributed by atoms with Gasteiger partial charge in [0.15, 0.2) is 5.78 Å². The van der Waals surface area contributed by atoms with Gasteiger partial charge in [0.2, 0.25) is 0 Å². The molecule has 0 saturated carbocycles. The van der Waals surface area contributed by atoms with Crippen molar-refractivity contribution in [1.82, 2.24) is 0 Å². The first kappa shape index (κ1) is 9.02. The number of carbonyl (C=O) groups is 1. The number of rotatable bonds is 0. The molecular weight excluding hydrogens is 184 g/mol. The van der Waals surface area contributed by atoms with Gasteiger partial charge in [0.25, 0.3) is 0 Å². The van der Waals surface area contributed by atoms with Crippen molar-refractivity contribution in [1.29, 1.82) is 0 Å². The Balaban J connectivity index is 2.59. The molecule has 1 atom stereocenters. The third-order valence-corrected chi connectivity index (χ3v) is 2.34. The molecule has 14 heavy (non-hydrogen) atoms. The number of carbonyl (C=O) groups excluding carboxylic acids is 1. The zero-order valence-corrected chi connectivity index (χ0v) is 7.40. The molecule has 0 fully saturated rings. The normalized spacial score (nSPS) is 20.6. The van der Waals surface area contributed by atoms with Crippen LogP contribution in [0.1, 0.15) is 22.3 Å². The summed E-state index contributed by atoms with van der Waals surface area (Å²) in [7, 11) is 0. The number of phenols is 2. The van der Waals surface area contributed by atoms with Gasteiger partial charge in [0.05, 0.1) is 11.7 Å². The van der Waals surface area contributed by atoms with Crippen LogP contribution < -0.4 is 0 Å². The molecule has 1 unspecified atom stereocenters. The minimum atomic E-state index is -0.712. The average molecular weight is 194 g/mol. The van der Waals surface area contributed by atoms with E-state index in [1.54, 1.807) is 0 Å². The number of hydrogen-bond acceptors (Lipinski definition) is 4. The summed E-state index contributed by atoms with van der Waals surface area (Å²) in [5.74, 6) is -0.587. The lowest BCUT2D eigenvalue weighted by Crippen LogP contribution is -2.23. The van der Waals surface area contributed by atoms with Crippen LogP contribution in [-0.4, -0.2) is 27.2 Å². The van der Waals surface area contributed by atoms with Crippen molar-refractivity contribution in [2.24, 2.45) is 0 Å². The third kappa shape index (κ3) is 1.33. The maximum absolute atomic E-state index is 11.4. The Labute approximate surface area is 80.4 Å². The summed E-state index contributed by atoms with van der Waals surface area (Å²) in [5.41, 5.74) is 0.736. The summed E-state index contributed by atoms with van der Waals surface area (Å²) in [4.78, 5) is 11.4. The van der Waals surface area contributed by atoms with Crippen LogP contribution in [-0.2, 0) is 6.42 Å². The van der Waals surface area contributed by atoms with Crippen molar-refractivity contribution in [3.63, 3.8) is 0 Å². The fourth-order valence-corrected chi connectivity index (χ4v) is 1.79. The molecule has 0 aromatic heterocycles. The molecule has 2 rings (SSSR count). The number of fused-ring (bicyclic) bond motifs is 1. The zero-order valence-electron chi connectivity index (χ0n) is 7.40. The Morgan fingerprint density at radius 1 is 1.21 bits per heavy atom. The van der Waals surface area contributed by atoms with Gasteiger partial charge in [0, 0.05) is 12.5 Å². The Kier molecular flexibility index (Phi) is 1.93. The van der Waals surface area contributed by atoms with Crippen molar-refractivity contribution < 1.29 is 20.1 Å². The van der Waals surface area contributed by atoms with Crippen LogP contribution in [0.25, 0.3) is 0 Å². The van der Waals surface area contributed by atoms with Gasteiger partial charge in [0.1, 0.15) is 11.5 Å². The van der Waals surface area contributed by atoms with Crippen LogP contribution in [0.4, 0.5) is 0 Å². The maximum Gasteiger partial charge on any atom is 0.169 e. The summed E-state index contributed by atoms with van der Waals surface area (Å²) in [5, 5.41) is 27.9. The largest absolute Gasteiger partial charge is 0.508 e. The molecule has 1 aromatic carbocycles. The van der Waals surface area contributed by atoms with Crippen LogP contribution in [0.3, 0.4) is 0 Å². The number of aliphatic hydroxyl groups excluding tert-OH is 1. The molecule has 4 heteroatoms. The van der Waals surface area contributed by atoms with E-state index in [2.05, 4.69) is 0 Å². The van der Waals surface area contributed by atoms with E-state index in [4.69, 9.17) is 0 Å². The monoisotopic (exact) mass is 194 g/mol. The van der Waals surface area contributed by atoms with Gasteiger partial charge in [-0.15, -0.1) is 0 Å². The minimum Gasteiger partial charge on any atom is -0.508 e. The number of hydrogen-bond donors (Lipinski definition) is 3. The molecule has 0 spiro atoms. The lowest BCUT2D eigenvalue weighted by atomic mass is 9.88. The molecule has 0 saturated heterocycles. The fourth-order valence-electron chi connectivity index (χ4n) is 1.79. The summed E-state index contributed by atoms with van der Waals surface area (Å²) >= 11 is 0. The quantitative estimate of drug-likeness (QED) is 0.564. The predicted molar refractivity (Wildman–Crippen MR) is 48.4 cm³/mol. The lowest BCUT2D eigenvalue weighted by Gasteiger charge is -2.20. The van der Waals surface area contributed by atoms with Crippen molar-refractivity contribution in [2.45, 2.75) is 18.9 Å².